The fourth-order valence-corrected chi connectivity index (χ4v) is 4.77. The SMILES string of the molecule is CC(=O)/C(=C\C1C2CC3CC(C2)CC1C3)C(=O)O. The minimum absolute atomic E-state index is 0.00692. The Morgan fingerprint density at radius 1 is 1.00 bits per heavy atom. The summed E-state index contributed by atoms with van der Waals surface area (Å²) in [6.45, 7) is 1.36. The molecule has 0 spiro atoms. The molecule has 4 aliphatic carbocycles. The molecule has 0 unspecified atom stereocenters. The van der Waals surface area contributed by atoms with Gasteiger partial charge in [-0.05, 0) is 68.6 Å². The number of carbonyl (C=O) groups excluding carboxylic acids is 1. The van der Waals surface area contributed by atoms with E-state index in [1.54, 1.807) is 6.08 Å². The number of Topliss-reactive ketones (excluding diaryl/α,β-unsaturated/α-hetero) is 1. The smallest absolute Gasteiger partial charge is 0.338 e. The highest BCUT2D eigenvalue weighted by Gasteiger charge is 2.47. The minimum Gasteiger partial charge on any atom is -0.478 e. The highest BCUT2D eigenvalue weighted by molar-refractivity contribution is 6.15. The molecule has 4 aliphatic rings. The first-order valence-corrected chi connectivity index (χ1v) is 7.00. The van der Waals surface area contributed by atoms with Gasteiger partial charge in [-0.1, -0.05) is 6.08 Å². The molecule has 18 heavy (non-hydrogen) atoms. The van der Waals surface area contributed by atoms with Crippen molar-refractivity contribution >= 4 is 11.8 Å². The van der Waals surface area contributed by atoms with Crippen LogP contribution in [0.15, 0.2) is 11.6 Å². The average molecular weight is 248 g/mol. The number of carbonyl (C=O) groups is 2. The number of aliphatic carboxylic acids is 1. The van der Waals surface area contributed by atoms with Crippen molar-refractivity contribution in [1.82, 2.24) is 0 Å². The van der Waals surface area contributed by atoms with Crippen molar-refractivity contribution in [2.45, 2.75) is 39.0 Å². The Bertz CT molecular complexity index is 377. The lowest BCUT2D eigenvalue weighted by Gasteiger charge is -2.53. The minimum atomic E-state index is -1.06. The fourth-order valence-electron chi connectivity index (χ4n) is 4.77. The van der Waals surface area contributed by atoms with Gasteiger partial charge < -0.3 is 5.11 Å². The van der Waals surface area contributed by atoms with E-state index in [4.69, 9.17) is 5.11 Å². The van der Waals surface area contributed by atoms with Crippen LogP contribution in [0.1, 0.15) is 39.0 Å². The zero-order chi connectivity index (χ0) is 12.9. The molecule has 4 bridgehead atoms. The molecule has 3 heteroatoms. The maximum atomic E-state index is 11.4. The third kappa shape index (κ3) is 1.90. The number of carboxylic acids is 1. The molecule has 0 aliphatic heterocycles. The molecule has 4 rings (SSSR count). The molecular formula is C15H20O3. The molecule has 4 fully saturated rings. The van der Waals surface area contributed by atoms with E-state index in [1.165, 1.54) is 39.0 Å². The molecule has 3 nitrogen and oxygen atoms in total. The summed E-state index contributed by atoms with van der Waals surface area (Å²) in [7, 11) is 0. The second-order valence-electron chi connectivity index (χ2n) is 6.45. The molecule has 98 valence electrons. The van der Waals surface area contributed by atoms with Crippen molar-refractivity contribution in [2.75, 3.05) is 0 Å². The Labute approximate surface area is 107 Å². The predicted molar refractivity (Wildman–Crippen MR) is 66.9 cm³/mol. The van der Waals surface area contributed by atoms with Crippen LogP contribution in [-0.4, -0.2) is 16.9 Å². The predicted octanol–water partition coefficient (Wildman–Crippen LogP) is 2.66. The molecule has 1 N–H and O–H groups in total. The molecule has 4 saturated carbocycles. The second kappa shape index (κ2) is 4.22. The number of hydrogen-bond donors (Lipinski definition) is 1. The maximum Gasteiger partial charge on any atom is 0.338 e. The van der Waals surface area contributed by atoms with Crippen LogP contribution in [-0.2, 0) is 9.59 Å². The van der Waals surface area contributed by atoms with Gasteiger partial charge in [0.25, 0.3) is 0 Å². The highest BCUT2D eigenvalue weighted by Crippen LogP contribution is 2.57. The number of carboxylic acid groups (broad SMARTS) is 1. The second-order valence-corrected chi connectivity index (χ2v) is 6.45. The van der Waals surface area contributed by atoms with Gasteiger partial charge in [0.05, 0.1) is 5.57 Å². The molecule has 0 aromatic rings. The largest absolute Gasteiger partial charge is 0.478 e. The van der Waals surface area contributed by atoms with Gasteiger partial charge in [-0.15, -0.1) is 0 Å². The Morgan fingerprint density at radius 3 is 1.89 bits per heavy atom. The summed E-state index contributed by atoms with van der Waals surface area (Å²) in [6, 6.07) is 0. The molecule has 0 heterocycles. The summed E-state index contributed by atoms with van der Waals surface area (Å²) in [5.74, 6) is 2.00. The first-order chi connectivity index (χ1) is 8.54. The van der Waals surface area contributed by atoms with E-state index in [9.17, 15) is 9.59 Å². The highest BCUT2D eigenvalue weighted by atomic mass is 16.4. The van der Waals surface area contributed by atoms with E-state index < -0.39 is 5.97 Å². The van der Waals surface area contributed by atoms with E-state index in [0.29, 0.717) is 17.8 Å². The van der Waals surface area contributed by atoms with Gasteiger partial charge in [0.2, 0.25) is 0 Å². The standard InChI is InChI=1S/C15H20O3/c1-8(16)13(15(17)18)7-14-11-3-9-2-10(5-11)6-12(14)4-9/h7,9-12,14H,2-6H2,1H3,(H,17,18)/b13-7+. The number of ketones is 1. The first-order valence-electron chi connectivity index (χ1n) is 7.00. The van der Waals surface area contributed by atoms with Gasteiger partial charge in [0.15, 0.2) is 5.78 Å². The van der Waals surface area contributed by atoms with Gasteiger partial charge >= 0.3 is 5.97 Å². The average Bonchev–Trinajstić information content (AvgIpc) is 2.25. The van der Waals surface area contributed by atoms with Gasteiger partial charge in [0.1, 0.15) is 0 Å². The molecule has 0 atom stereocenters. The van der Waals surface area contributed by atoms with Crippen LogP contribution < -0.4 is 0 Å². The summed E-state index contributed by atoms with van der Waals surface area (Å²) >= 11 is 0. The third-order valence-corrected chi connectivity index (χ3v) is 5.27. The van der Waals surface area contributed by atoms with Crippen LogP contribution in [0.5, 0.6) is 0 Å². The summed E-state index contributed by atoms with van der Waals surface area (Å²) in [6.07, 6.45) is 8.18. The molecule has 0 aromatic heterocycles. The quantitative estimate of drug-likeness (QED) is 0.474. The van der Waals surface area contributed by atoms with Crippen LogP contribution in [0.3, 0.4) is 0 Å². The van der Waals surface area contributed by atoms with Gasteiger partial charge in [-0.2, -0.15) is 0 Å². The third-order valence-electron chi connectivity index (χ3n) is 5.27. The Morgan fingerprint density at radius 2 is 1.50 bits per heavy atom. The Balaban J connectivity index is 1.86. The summed E-state index contributed by atoms with van der Waals surface area (Å²) in [5.41, 5.74) is 0.00692. The van der Waals surface area contributed by atoms with Crippen molar-refractivity contribution in [2.24, 2.45) is 29.6 Å². The van der Waals surface area contributed by atoms with E-state index in [0.717, 1.165) is 11.8 Å². The molecule has 0 saturated heterocycles. The maximum absolute atomic E-state index is 11.4. The summed E-state index contributed by atoms with van der Waals surface area (Å²) < 4.78 is 0. The van der Waals surface area contributed by atoms with Crippen LogP contribution in [0.25, 0.3) is 0 Å². The van der Waals surface area contributed by atoms with Crippen LogP contribution in [0, 0.1) is 29.6 Å². The number of hydrogen-bond acceptors (Lipinski definition) is 2. The Hall–Kier alpha value is -1.12. The lowest BCUT2D eigenvalue weighted by molar-refractivity contribution is -0.134. The molecule has 0 aromatic carbocycles. The van der Waals surface area contributed by atoms with E-state index >= 15 is 0 Å². The summed E-state index contributed by atoms with van der Waals surface area (Å²) in [4.78, 5) is 22.5. The Kier molecular flexibility index (Phi) is 2.80. The van der Waals surface area contributed by atoms with Crippen LogP contribution in [0.4, 0.5) is 0 Å². The van der Waals surface area contributed by atoms with E-state index in [1.807, 2.05) is 0 Å². The van der Waals surface area contributed by atoms with Gasteiger partial charge in [0, 0.05) is 0 Å². The van der Waals surface area contributed by atoms with Crippen LogP contribution in [0.2, 0.25) is 0 Å². The zero-order valence-corrected chi connectivity index (χ0v) is 10.8. The van der Waals surface area contributed by atoms with Crippen molar-refractivity contribution in [1.29, 1.82) is 0 Å². The first kappa shape index (κ1) is 11.9. The van der Waals surface area contributed by atoms with Crippen LogP contribution >= 0.6 is 0 Å². The summed E-state index contributed by atoms with van der Waals surface area (Å²) in [5, 5.41) is 9.11. The molecule has 0 radical (unpaired) electrons. The van der Waals surface area contributed by atoms with Gasteiger partial charge in [-0.3, -0.25) is 4.79 Å². The fraction of sp³-hybridized carbons (Fsp3) is 0.733. The van der Waals surface area contributed by atoms with E-state index in [-0.39, 0.29) is 11.4 Å². The normalized spacial score (nSPS) is 42.1. The van der Waals surface area contributed by atoms with Crippen molar-refractivity contribution in [3.8, 4) is 0 Å². The topological polar surface area (TPSA) is 54.4 Å². The van der Waals surface area contributed by atoms with Gasteiger partial charge in [-0.25, -0.2) is 4.79 Å². The lowest BCUT2D eigenvalue weighted by Crippen LogP contribution is -2.44. The number of allylic oxidation sites excluding steroid dienone is 1. The molecular weight excluding hydrogens is 228 g/mol. The van der Waals surface area contributed by atoms with E-state index in [2.05, 4.69) is 0 Å². The number of rotatable bonds is 3. The van der Waals surface area contributed by atoms with Crippen molar-refractivity contribution in [3.63, 3.8) is 0 Å². The monoisotopic (exact) mass is 248 g/mol. The van der Waals surface area contributed by atoms with Crippen molar-refractivity contribution in [3.05, 3.63) is 11.6 Å². The van der Waals surface area contributed by atoms with Crippen molar-refractivity contribution < 1.29 is 14.7 Å². The molecule has 0 amide bonds. The lowest BCUT2D eigenvalue weighted by atomic mass is 9.51. The zero-order valence-electron chi connectivity index (χ0n) is 10.8.